The van der Waals surface area contributed by atoms with Crippen LogP contribution in [0.3, 0.4) is 0 Å². The highest BCUT2D eigenvalue weighted by Crippen LogP contribution is 2.47. The fourth-order valence-electron chi connectivity index (χ4n) is 2.49. The van der Waals surface area contributed by atoms with Crippen molar-refractivity contribution in [2.75, 3.05) is 0 Å². The number of rotatable bonds is 4. The Morgan fingerprint density at radius 2 is 2.30 bits per heavy atom. The van der Waals surface area contributed by atoms with Gasteiger partial charge < -0.3 is 4.42 Å². The molecule has 2 saturated carbocycles. The van der Waals surface area contributed by atoms with Gasteiger partial charge in [-0.15, -0.1) is 0 Å². The van der Waals surface area contributed by atoms with Crippen LogP contribution in [0.1, 0.15) is 55.4 Å². The molecule has 0 unspecified atom stereocenters. The van der Waals surface area contributed by atoms with Crippen LogP contribution in [0, 0.1) is 10.7 Å². The monoisotopic (exact) mass is 288 g/mol. The molecule has 4 rings (SSSR count). The average Bonchev–Trinajstić information content (AvgIpc) is 3.32. The maximum Gasteiger partial charge on any atom is 0.216 e. The summed E-state index contributed by atoms with van der Waals surface area (Å²) in [4.78, 5) is 0. The second kappa shape index (κ2) is 4.41. The molecule has 0 spiro atoms. The second-order valence-corrected chi connectivity index (χ2v) is 6.16. The SMILES string of the molecule is C[C@H]1C[C@@H]1c1ccc(/C=N\n2c(C3CC3)n[nH]c2=S)o1. The smallest absolute Gasteiger partial charge is 0.216 e. The summed E-state index contributed by atoms with van der Waals surface area (Å²) in [5.74, 6) is 4.60. The third-order valence-corrected chi connectivity index (χ3v) is 4.31. The molecule has 6 heteroatoms. The highest BCUT2D eigenvalue weighted by molar-refractivity contribution is 7.71. The van der Waals surface area contributed by atoms with Crippen LogP contribution >= 0.6 is 12.2 Å². The van der Waals surface area contributed by atoms with Gasteiger partial charge in [-0.05, 0) is 49.5 Å². The van der Waals surface area contributed by atoms with Gasteiger partial charge in [0.15, 0.2) is 5.82 Å². The van der Waals surface area contributed by atoms with E-state index in [9.17, 15) is 0 Å². The van der Waals surface area contributed by atoms with Crippen LogP contribution in [-0.4, -0.2) is 21.1 Å². The lowest BCUT2D eigenvalue weighted by Crippen LogP contribution is -1.96. The topological polar surface area (TPSA) is 59.1 Å². The van der Waals surface area contributed by atoms with E-state index < -0.39 is 0 Å². The van der Waals surface area contributed by atoms with Crippen molar-refractivity contribution in [2.45, 2.75) is 38.0 Å². The van der Waals surface area contributed by atoms with Crippen molar-refractivity contribution >= 4 is 18.4 Å². The number of aromatic nitrogens is 3. The molecular weight excluding hydrogens is 272 g/mol. The number of H-pyrrole nitrogens is 1. The van der Waals surface area contributed by atoms with E-state index in [0.717, 1.165) is 23.3 Å². The zero-order valence-corrected chi connectivity index (χ0v) is 12.1. The van der Waals surface area contributed by atoms with Crippen LogP contribution in [0.2, 0.25) is 0 Å². The van der Waals surface area contributed by atoms with E-state index in [4.69, 9.17) is 16.6 Å². The van der Waals surface area contributed by atoms with Crippen LogP contribution in [0.4, 0.5) is 0 Å². The largest absolute Gasteiger partial charge is 0.460 e. The fourth-order valence-corrected chi connectivity index (χ4v) is 2.68. The van der Waals surface area contributed by atoms with Crippen molar-refractivity contribution in [1.82, 2.24) is 14.9 Å². The molecule has 0 amide bonds. The van der Waals surface area contributed by atoms with Crippen molar-refractivity contribution in [1.29, 1.82) is 0 Å². The summed E-state index contributed by atoms with van der Waals surface area (Å²) in [5.41, 5.74) is 0. The lowest BCUT2D eigenvalue weighted by atomic mass is 10.3. The van der Waals surface area contributed by atoms with Crippen LogP contribution in [0.25, 0.3) is 0 Å². The Labute approximate surface area is 121 Å². The van der Waals surface area contributed by atoms with E-state index in [1.807, 2.05) is 12.1 Å². The molecule has 2 aliphatic rings. The standard InChI is InChI=1S/C14H16N4OS/c1-8-6-11(8)12-5-4-10(19-12)7-15-18-13(9-2-3-9)16-17-14(18)20/h4-5,7-9,11H,2-3,6H2,1H3,(H,17,20)/b15-7-/t8-,11-/m0/s1. The summed E-state index contributed by atoms with van der Waals surface area (Å²) in [6, 6.07) is 4.01. The third-order valence-electron chi connectivity index (χ3n) is 4.04. The van der Waals surface area contributed by atoms with Crippen LogP contribution in [0.15, 0.2) is 21.7 Å². The third kappa shape index (κ3) is 2.14. The van der Waals surface area contributed by atoms with Gasteiger partial charge in [-0.1, -0.05) is 6.92 Å². The number of nitrogens with one attached hydrogen (secondary N) is 1. The number of nitrogens with zero attached hydrogens (tertiary/aromatic N) is 3. The number of furan rings is 1. The Morgan fingerprint density at radius 3 is 3.00 bits per heavy atom. The summed E-state index contributed by atoms with van der Waals surface area (Å²) >= 11 is 5.21. The number of aromatic amines is 1. The van der Waals surface area contributed by atoms with Gasteiger partial charge in [-0.2, -0.15) is 14.9 Å². The molecule has 0 aromatic carbocycles. The molecule has 2 aromatic rings. The van der Waals surface area contributed by atoms with Crippen LogP contribution in [0.5, 0.6) is 0 Å². The van der Waals surface area contributed by atoms with Crippen molar-refractivity contribution in [3.63, 3.8) is 0 Å². The first-order valence-corrected chi connectivity index (χ1v) is 7.44. The van der Waals surface area contributed by atoms with Crippen LogP contribution < -0.4 is 0 Å². The molecule has 2 fully saturated rings. The molecule has 5 nitrogen and oxygen atoms in total. The van der Waals surface area contributed by atoms with Gasteiger partial charge in [0, 0.05) is 11.8 Å². The van der Waals surface area contributed by atoms with Gasteiger partial charge in [-0.3, -0.25) is 5.10 Å². The molecule has 2 heterocycles. The van der Waals surface area contributed by atoms with E-state index in [1.165, 1.54) is 19.3 Å². The molecule has 2 aliphatic carbocycles. The normalized spacial score (nSPS) is 25.4. The first-order chi connectivity index (χ1) is 9.72. The van der Waals surface area contributed by atoms with Crippen molar-refractivity contribution in [3.05, 3.63) is 34.2 Å². The minimum Gasteiger partial charge on any atom is -0.460 e. The van der Waals surface area contributed by atoms with E-state index in [-0.39, 0.29) is 0 Å². The Balaban J connectivity index is 1.57. The maximum atomic E-state index is 5.80. The zero-order valence-electron chi connectivity index (χ0n) is 11.2. The minimum absolute atomic E-state index is 0.500. The molecule has 1 N–H and O–H groups in total. The summed E-state index contributed by atoms with van der Waals surface area (Å²) in [7, 11) is 0. The van der Waals surface area contributed by atoms with Crippen molar-refractivity contribution < 1.29 is 4.42 Å². The molecule has 2 atom stereocenters. The Hall–Kier alpha value is -1.69. The Morgan fingerprint density at radius 1 is 1.50 bits per heavy atom. The van der Waals surface area contributed by atoms with Gasteiger partial charge in [0.1, 0.15) is 11.5 Å². The average molecular weight is 288 g/mol. The molecular formula is C14H16N4OS. The molecule has 0 saturated heterocycles. The van der Waals surface area contributed by atoms with Crippen molar-refractivity contribution in [3.8, 4) is 0 Å². The first-order valence-electron chi connectivity index (χ1n) is 7.04. The highest BCUT2D eigenvalue weighted by Gasteiger charge is 2.36. The second-order valence-electron chi connectivity index (χ2n) is 5.78. The Bertz CT molecular complexity index is 722. The number of hydrogen-bond donors (Lipinski definition) is 1. The molecule has 0 bridgehead atoms. The van der Waals surface area contributed by atoms with Crippen LogP contribution in [-0.2, 0) is 0 Å². The maximum absolute atomic E-state index is 5.80. The van der Waals surface area contributed by atoms with E-state index in [0.29, 0.717) is 16.6 Å². The van der Waals surface area contributed by atoms with Gasteiger partial charge in [0.05, 0.1) is 6.21 Å². The van der Waals surface area contributed by atoms with Gasteiger partial charge >= 0.3 is 0 Å². The lowest BCUT2D eigenvalue weighted by Gasteiger charge is -1.96. The molecule has 20 heavy (non-hydrogen) atoms. The quantitative estimate of drug-likeness (QED) is 0.692. The van der Waals surface area contributed by atoms with Crippen molar-refractivity contribution in [2.24, 2.45) is 11.0 Å². The molecule has 0 radical (unpaired) electrons. The predicted molar refractivity (Wildman–Crippen MR) is 77.6 cm³/mol. The minimum atomic E-state index is 0.500. The number of hydrogen-bond acceptors (Lipinski definition) is 4. The van der Waals surface area contributed by atoms with E-state index in [1.54, 1.807) is 10.9 Å². The van der Waals surface area contributed by atoms with E-state index >= 15 is 0 Å². The predicted octanol–water partition coefficient (Wildman–Crippen LogP) is 3.42. The van der Waals surface area contributed by atoms with Gasteiger partial charge in [0.2, 0.25) is 4.77 Å². The van der Waals surface area contributed by atoms with E-state index in [2.05, 4.69) is 22.2 Å². The molecule has 0 aliphatic heterocycles. The lowest BCUT2D eigenvalue weighted by molar-refractivity contribution is 0.500. The van der Waals surface area contributed by atoms with Gasteiger partial charge in [0.25, 0.3) is 0 Å². The summed E-state index contributed by atoms with van der Waals surface area (Å²) in [6.45, 7) is 2.24. The fraction of sp³-hybridized carbons (Fsp3) is 0.500. The van der Waals surface area contributed by atoms with Gasteiger partial charge in [-0.25, -0.2) is 0 Å². The molecule has 104 valence electrons. The summed E-state index contributed by atoms with van der Waals surface area (Å²) < 4.78 is 8.04. The highest BCUT2D eigenvalue weighted by atomic mass is 32.1. The summed E-state index contributed by atoms with van der Waals surface area (Å²) in [6.07, 6.45) is 5.27. The first kappa shape index (κ1) is 12.1. The summed E-state index contributed by atoms with van der Waals surface area (Å²) in [5, 5.41) is 11.5. The Kier molecular flexibility index (Phi) is 2.66. The molecule has 2 aromatic heterocycles. The zero-order chi connectivity index (χ0) is 13.7.